The molecule has 0 fully saturated rings. The molecule has 0 atom stereocenters. The molecule has 0 N–H and O–H groups in total. The number of nitriles is 1. The van der Waals surface area contributed by atoms with E-state index in [1.807, 2.05) is 6.07 Å². The van der Waals surface area contributed by atoms with Crippen LogP contribution in [0, 0.1) is 11.3 Å². The molecule has 1 heterocycles. The summed E-state index contributed by atoms with van der Waals surface area (Å²) in [6.07, 6.45) is 0. The van der Waals surface area contributed by atoms with Crippen molar-refractivity contribution in [2.45, 2.75) is 0 Å². The van der Waals surface area contributed by atoms with Gasteiger partial charge in [-0.05, 0) is 6.07 Å². The van der Waals surface area contributed by atoms with Gasteiger partial charge in [0.25, 0.3) is 0 Å². The minimum atomic E-state index is 0.0477. The van der Waals surface area contributed by atoms with Crippen molar-refractivity contribution in [3.8, 4) is 23.4 Å². The van der Waals surface area contributed by atoms with Gasteiger partial charge in [-0.15, -0.1) is 0 Å². The third kappa shape index (κ3) is 1.86. The smallest absolute Gasteiger partial charge is 0.236 e. The Bertz CT molecular complexity index is 634. The van der Waals surface area contributed by atoms with Crippen molar-refractivity contribution >= 4 is 10.9 Å². The van der Waals surface area contributed by atoms with Crippen LogP contribution >= 0.6 is 0 Å². The van der Waals surface area contributed by atoms with E-state index in [2.05, 4.69) is 9.97 Å². The van der Waals surface area contributed by atoms with E-state index in [1.165, 1.54) is 14.2 Å². The van der Waals surface area contributed by atoms with Crippen LogP contribution in [0.25, 0.3) is 10.9 Å². The van der Waals surface area contributed by atoms with Crippen LogP contribution in [-0.4, -0.2) is 31.3 Å². The van der Waals surface area contributed by atoms with Gasteiger partial charge in [0.1, 0.15) is 6.07 Å². The van der Waals surface area contributed by atoms with Crippen LogP contribution < -0.4 is 14.2 Å². The summed E-state index contributed by atoms with van der Waals surface area (Å²) >= 11 is 0. The monoisotopic (exact) mass is 245 g/mol. The van der Waals surface area contributed by atoms with E-state index in [-0.39, 0.29) is 5.82 Å². The fraction of sp³-hybridized carbons (Fsp3) is 0.250. The van der Waals surface area contributed by atoms with Crippen LogP contribution in [-0.2, 0) is 0 Å². The van der Waals surface area contributed by atoms with Gasteiger partial charge < -0.3 is 14.2 Å². The molecule has 0 saturated heterocycles. The van der Waals surface area contributed by atoms with Gasteiger partial charge in [0, 0.05) is 6.07 Å². The second-order valence-corrected chi connectivity index (χ2v) is 3.39. The molecule has 0 bridgehead atoms. The second-order valence-electron chi connectivity index (χ2n) is 3.39. The van der Waals surface area contributed by atoms with Crippen LogP contribution in [0.15, 0.2) is 12.1 Å². The quantitative estimate of drug-likeness (QED) is 0.816. The topological polar surface area (TPSA) is 77.3 Å². The molecule has 1 aromatic carbocycles. The maximum absolute atomic E-state index is 8.86. The summed E-state index contributed by atoms with van der Waals surface area (Å²) in [5, 5.41) is 9.52. The lowest BCUT2D eigenvalue weighted by Gasteiger charge is -2.10. The van der Waals surface area contributed by atoms with Gasteiger partial charge in [0.2, 0.25) is 11.7 Å². The molecule has 0 unspecified atom stereocenters. The summed E-state index contributed by atoms with van der Waals surface area (Å²) in [6.45, 7) is 0. The highest BCUT2D eigenvalue weighted by Gasteiger charge is 2.13. The van der Waals surface area contributed by atoms with Gasteiger partial charge >= 0.3 is 0 Å². The van der Waals surface area contributed by atoms with Crippen molar-refractivity contribution < 1.29 is 14.2 Å². The summed E-state index contributed by atoms with van der Waals surface area (Å²) in [5.41, 5.74) is 0.566. The van der Waals surface area contributed by atoms with Crippen LogP contribution in [0.5, 0.6) is 17.4 Å². The van der Waals surface area contributed by atoms with Crippen LogP contribution in [0.2, 0.25) is 0 Å². The SMILES string of the molecule is COc1cc2nc(C#N)nc(OC)c2cc1OC. The highest BCUT2D eigenvalue weighted by Crippen LogP contribution is 2.34. The van der Waals surface area contributed by atoms with Crippen LogP contribution in [0.3, 0.4) is 0 Å². The summed E-state index contributed by atoms with van der Waals surface area (Å²) < 4.78 is 15.5. The lowest BCUT2D eigenvalue weighted by atomic mass is 10.2. The first-order valence-electron chi connectivity index (χ1n) is 5.11. The first-order chi connectivity index (χ1) is 8.73. The standard InChI is InChI=1S/C12H11N3O3/c1-16-9-4-7-8(5-10(9)17-2)14-11(6-13)15-12(7)18-3/h4-5H,1-3H3. The zero-order chi connectivity index (χ0) is 13.1. The normalized spacial score (nSPS) is 9.89. The van der Waals surface area contributed by atoms with Gasteiger partial charge in [0.05, 0.1) is 32.2 Å². The summed E-state index contributed by atoms with van der Waals surface area (Å²) in [7, 11) is 4.56. The third-order valence-electron chi connectivity index (χ3n) is 2.46. The first-order valence-corrected chi connectivity index (χ1v) is 5.11. The predicted octanol–water partition coefficient (Wildman–Crippen LogP) is 1.53. The largest absolute Gasteiger partial charge is 0.493 e. The van der Waals surface area contributed by atoms with E-state index in [9.17, 15) is 0 Å². The van der Waals surface area contributed by atoms with Crippen molar-refractivity contribution in [2.24, 2.45) is 0 Å². The lowest BCUT2D eigenvalue weighted by molar-refractivity contribution is 0.355. The molecule has 6 heteroatoms. The number of rotatable bonds is 3. The van der Waals surface area contributed by atoms with Crippen LogP contribution in [0.4, 0.5) is 0 Å². The van der Waals surface area contributed by atoms with Crippen molar-refractivity contribution in [1.82, 2.24) is 9.97 Å². The minimum absolute atomic E-state index is 0.0477. The van der Waals surface area contributed by atoms with Crippen molar-refractivity contribution in [1.29, 1.82) is 5.26 Å². The third-order valence-corrected chi connectivity index (χ3v) is 2.46. The first kappa shape index (κ1) is 11.9. The Kier molecular flexibility index (Phi) is 3.15. The van der Waals surface area contributed by atoms with E-state index >= 15 is 0 Å². The molecule has 0 amide bonds. The number of methoxy groups -OCH3 is 3. The molecule has 92 valence electrons. The number of ether oxygens (including phenoxy) is 3. The Hall–Kier alpha value is -2.55. The van der Waals surface area contributed by atoms with Crippen LogP contribution in [0.1, 0.15) is 5.82 Å². The average molecular weight is 245 g/mol. The Labute approximate surface area is 104 Å². The number of hydrogen-bond acceptors (Lipinski definition) is 6. The average Bonchev–Trinajstić information content (AvgIpc) is 2.44. The zero-order valence-electron chi connectivity index (χ0n) is 10.2. The number of hydrogen-bond donors (Lipinski definition) is 0. The van der Waals surface area contributed by atoms with Gasteiger partial charge in [0.15, 0.2) is 11.5 Å². The highest BCUT2D eigenvalue weighted by molar-refractivity contribution is 5.87. The molecule has 1 aromatic heterocycles. The molecule has 6 nitrogen and oxygen atoms in total. The van der Waals surface area contributed by atoms with Crippen molar-refractivity contribution in [3.63, 3.8) is 0 Å². The van der Waals surface area contributed by atoms with E-state index in [0.717, 1.165) is 0 Å². The molecule has 0 spiro atoms. The highest BCUT2D eigenvalue weighted by atomic mass is 16.5. The van der Waals surface area contributed by atoms with E-state index < -0.39 is 0 Å². The van der Waals surface area contributed by atoms with E-state index in [1.54, 1.807) is 19.2 Å². The maximum Gasteiger partial charge on any atom is 0.236 e. The van der Waals surface area contributed by atoms with E-state index in [4.69, 9.17) is 19.5 Å². The molecular formula is C12H11N3O3. The number of nitrogens with zero attached hydrogens (tertiary/aromatic N) is 3. The lowest BCUT2D eigenvalue weighted by Crippen LogP contribution is -1.98. The summed E-state index contributed by atoms with van der Waals surface area (Å²) in [5.74, 6) is 1.47. The number of aromatic nitrogens is 2. The number of benzene rings is 1. The van der Waals surface area contributed by atoms with Gasteiger partial charge in [-0.2, -0.15) is 10.2 Å². The van der Waals surface area contributed by atoms with Crippen molar-refractivity contribution in [2.75, 3.05) is 21.3 Å². The summed E-state index contributed by atoms with van der Waals surface area (Å²) in [4.78, 5) is 8.08. The Morgan fingerprint density at radius 1 is 1.00 bits per heavy atom. The molecule has 2 aromatic rings. The predicted molar refractivity (Wildman–Crippen MR) is 63.9 cm³/mol. The molecule has 0 radical (unpaired) electrons. The maximum atomic E-state index is 8.86. The Morgan fingerprint density at radius 3 is 2.22 bits per heavy atom. The molecule has 0 aliphatic heterocycles. The molecule has 0 aliphatic rings. The Morgan fingerprint density at radius 2 is 1.67 bits per heavy atom. The Balaban J connectivity index is 2.79. The fourth-order valence-corrected chi connectivity index (χ4v) is 1.63. The van der Waals surface area contributed by atoms with E-state index in [0.29, 0.717) is 28.3 Å². The van der Waals surface area contributed by atoms with Gasteiger partial charge in [-0.3, -0.25) is 0 Å². The minimum Gasteiger partial charge on any atom is -0.493 e. The summed E-state index contributed by atoms with van der Waals surface area (Å²) in [6, 6.07) is 5.28. The molecule has 0 saturated carbocycles. The van der Waals surface area contributed by atoms with Gasteiger partial charge in [-0.25, -0.2) is 4.98 Å². The molecule has 18 heavy (non-hydrogen) atoms. The van der Waals surface area contributed by atoms with Crippen molar-refractivity contribution in [3.05, 3.63) is 18.0 Å². The molecule has 0 aliphatic carbocycles. The number of fused-ring (bicyclic) bond motifs is 1. The fourth-order valence-electron chi connectivity index (χ4n) is 1.63. The molecule has 2 rings (SSSR count). The second kappa shape index (κ2) is 4.75. The molecular weight excluding hydrogens is 234 g/mol. The van der Waals surface area contributed by atoms with Gasteiger partial charge in [-0.1, -0.05) is 0 Å². The zero-order valence-corrected chi connectivity index (χ0v) is 10.2.